The summed E-state index contributed by atoms with van der Waals surface area (Å²) in [6.45, 7) is 2.89. The van der Waals surface area contributed by atoms with Crippen LogP contribution in [0.1, 0.15) is 51.0 Å². The zero-order chi connectivity index (χ0) is 20.6. The molecule has 156 valence electrons. The van der Waals surface area contributed by atoms with Crippen molar-refractivity contribution < 1.29 is 19.8 Å². The topological polar surface area (TPSA) is 148 Å². The Bertz CT molecular complexity index is 942. The number of anilines is 1. The first-order chi connectivity index (χ1) is 13.9. The SMILES string of the molecule is CCn1ncc2c(NC3CCC3)c(C3=NOC4(C3)CC(N)C4)cnc21.O=C(O)O. The van der Waals surface area contributed by atoms with Crippen LogP contribution >= 0.6 is 0 Å². The lowest BCUT2D eigenvalue weighted by Crippen LogP contribution is -2.51. The molecular formula is C19H26N6O4. The number of rotatable bonds is 4. The number of carboxylic acid groups (broad SMARTS) is 2. The fourth-order valence-corrected chi connectivity index (χ4v) is 4.17. The van der Waals surface area contributed by atoms with Gasteiger partial charge in [0.1, 0.15) is 5.60 Å². The maximum Gasteiger partial charge on any atom is 0.503 e. The summed E-state index contributed by atoms with van der Waals surface area (Å²) in [6, 6.07) is 0.772. The number of fused-ring (bicyclic) bond motifs is 1. The lowest BCUT2D eigenvalue weighted by Gasteiger charge is -2.40. The molecule has 3 heterocycles. The van der Waals surface area contributed by atoms with Gasteiger partial charge in [-0.15, -0.1) is 0 Å². The van der Waals surface area contributed by atoms with Gasteiger partial charge >= 0.3 is 6.16 Å². The molecule has 1 aliphatic heterocycles. The van der Waals surface area contributed by atoms with Gasteiger partial charge in [-0.3, -0.25) is 0 Å². The monoisotopic (exact) mass is 402 g/mol. The first-order valence-corrected chi connectivity index (χ1v) is 9.95. The van der Waals surface area contributed by atoms with E-state index in [1.54, 1.807) is 0 Å². The van der Waals surface area contributed by atoms with Crippen molar-refractivity contribution in [3.8, 4) is 0 Å². The van der Waals surface area contributed by atoms with Crippen LogP contribution in [0.4, 0.5) is 10.5 Å². The molecule has 0 bridgehead atoms. The van der Waals surface area contributed by atoms with Crippen LogP contribution in [0.5, 0.6) is 0 Å². The van der Waals surface area contributed by atoms with Gasteiger partial charge in [-0.2, -0.15) is 5.10 Å². The Balaban J connectivity index is 0.000000472. The molecule has 2 aliphatic carbocycles. The Labute approximate surface area is 167 Å². The molecule has 10 nitrogen and oxygen atoms in total. The number of aryl methyl sites for hydroxylation is 1. The molecule has 2 aromatic rings. The van der Waals surface area contributed by atoms with E-state index in [-0.39, 0.29) is 11.6 Å². The van der Waals surface area contributed by atoms with Crippen LogP contribution in [0.25, 0.3) is 11.0 Å². The molecule has 5 N–H and O–H groups in total. The highest BCUT2D eigenvalue weighted by Gasteiger charge is 2.49. The van der Waals surface area contributed by atoms with E-state index in [1.807, 2.05) is 17.1 Å². The van der Waals surface area contributed by atoms with E-state index >= 15 is 0 Å². The van der Waals surface area contributed by atoms with Crippen LogP contribution in [-0.2, 0) is 11.4 Å². The van der Waals surface area contributed by atoms with Crippen molar-refractivity contribution >= 4 is 28.6 Å². The number of aromatic nitrogens is 3. The number of hydrogen-bond donors (Lipinski definition) is 4. The standard InChI is InChI=1S/C18H24N6O.CH2O3/c1-2-24-17-14(10-21-24)16(22-12-4-3-5-12)13(9-20-17)15-8-18(25-23-15)6-11(19)7-18;2-1(3)4/h9-12H,2-8,19H2,1H3,(H,20,22);(H2,2,3,4). The third kappa shape index (κ3) is 3.71. The van der Waals surface area contributed by atoms with E-state index in [0.717, 1.165) is 53.8 Å². The number of nitrogens with one attached hydrogen (secondary N) is 1. The normalized spacial score (nSPS) is 25.4. The summed E-state index contributed by atoms with van der Waals surface area (Å²) in [5, 5.41) is 27.6. The van der Waals surface area contributed by atoms with Crippen LogP contribution in [-0.4, -0.2) is 54.5 Å². The summed E-state index contributed by atoms with van der Waals surface area (Å²) in [6.07, 6.45) is 8.32. The molecule has 29 heavy (non-hydrogen) atoms. The molecule has 3 aliphatic rings. The summed E-state index contributed by atoms with van der Waals surface area (Å²) in [4.78, 5) is 19.0. The lowest BCUT2D eigenvalue weighted by atomic mass is 9.73. The second-order valence-electron chi connectivity index (χ2n) is 7.96. The van der Waals surface area contributed by atoms with Crippen molar-refractivity contribution in [3.05, 3.63) is 18.0 Å². The van der Waals surface area contributed by atoms with Gasteiger partial charge in [0.2, 0.25) is 0 Å². The van der Waals surface area contributed by atoms with E-state index in [4.69, 9.17) is 25.6 Å². The molecule has 0 radical (unpaired) electrons. The Hall–Kier alpha value is -2.88. The summed E-state index contributed by atoms with van der Waals surface area (Å²) in [5.41, 5.74) is 9.85. The number of nitrogens with two attached hydrogens (primary N) is 1. The maximum atomic E-state index is 8.56. The third-order valence-electron chi connectivity index (χ3n) is 5.84. The number of carbonyl (C=O) groups is 1. The van der Waals surface area contributed by atoms with Gasteiger partial charge < -0.3 is 26.1 Å². The highest BCUT2D eigenvalue weighted by molar-refractivity contribution is 6.10. The van der Waals surface area contributed by atoms with Crippen molar-refractivity contribution in [2.45, 2.75) is 69.7 Å². The van der Waals surface area contributed by atoms with E-state index < -0.39 is 6.16 Å². The molecular weight excluding hydrogens is 376 g/mol. The van der Waals surface area contributed by atoms with Gasteiger partial charge in [0.05, 0.1) is 23.0 Å². The first-order valence-electron chi connectivity index (χ1n) is 9.95. The summed E-state index contributed by atoms with van der Waals surface area (Å²) in [5.74, 6) is 0. The Morgan fingerprint density at radius 3 is 2.69 bits per heavy atom. The number of hydrogen-bond acceptors (Lipinski definition) is 7. The molecule has 2 aromatic heterocycles. The summed E-state index contributed by atoms with van der Waals surface area (Å²) in [7, 11) is 0. The maximum absolute atomic E-state index is 8.56. The van der Waals surface area contributed by atoms with Gasteiger partial charge in [0, 0.05) is 49.7 Å². The van der Waals surface area contributed by atoms with Crippen LogP contribution in [0.15, 0.2) is 17.5 Å². The molecule has 2 fully saturated rings. The fraction of sp³-hybridized carbons (Fsp3) is 0.579. The minimum Gasteiger partial charge on any atom is -0.450 e. The van der Waals surface area contributed by atoms with Gasteiger partial charge in [-0.1, -0.05) is 5.16 Å². The van der Waals surface area contributed by atoms with E-state index in [0.29, 0.717) is 6.04 Å². The number of pyridine rings is 1. The predicted molar refractivity (Wildman–Crippen MR) is 107 cm³/mol. The first kappa shape index (κ1) is 19.4. The van der Waals surface area contributed by atoms with Crippen molar-refractivity contribution in [1.29, 1.82) is 0 Å². The van der Waals surface area contributed by atoms with Crippen LogP contribution < -0.4 is 11.1 Å². The quantitative estimate of drug-likeness (QED) is 0.610. The van der Waals surface area contributed by atoms with Crippen molar-refractivity contribution in [1.82, 2.24) is 14.8 Å². The molecule has 0 amide bonds. The molecule has 0 saturated heterocycles. The zero-order valence-corrected chi connectivity index (χ0v) is 16.3. The lowest BCUT2D eigenvalue weighted by molar-refractivity contribution is -0.0856. The van der Waals surface area contributed by atoms with Gasteiger partial charge in [-0.25, -0.2) is 14.5 Å². The fourth-order valence-electron chi connectivity index (χ4n) is 4.17. The molecule has 0 aromatic carbocycles. The summed E-state index contributed by atoms with van der Waals surface area (Å²) >= 11 is 0. The van der Waals surface area contributed by atoms with Crippen molar-refractivity contribution in [3.63, 3.8) is 0 Å². The van der Waals surface area contributed by atoms with Crippen molar-refractivity contribution in [2.75, 3.05) is 5.32 Å². The highest BCUT2D eigenvalue weighted by Crippen LogP contribution is 2.44. The van der Waals surface area contributed by atoms with Gasteiger partial charge in [0.25, 0.3) is 0 Å². The Kier molecular flexibility index (Phi) is 5.03. The molecule has 5 rings (SSSR count). The molecule has 0 atom stereocenters. The largest absolute Gasteiger partial charge is 0.503 e. The second kappa shape index (κ2) is 7.51. The molecule has 0 unspecified atom stereocenters. The second-order valence-corrected chi connectivity index (χ2v) is 7.96. The Morgan fingerprint density at radius 1 is 1.38 bits per heavy atom. The number of nitrogens with zero attached hydrogens (tertiary/aromatic N) is 4. The van der Waals surface area contributed by atoms with Crippen molar-refractivity contribution in [2.24, 2.45) is 10.9 Å². The minimum absolute atomic E-state index is 0.176. The van der Waals surface area contributed by atoms with Crippen LogP contribution in [0, 0.1) is 0 Å². The number of oxime groups is 1. The summed E-state index contributed by atoms with van der Waals surface area (Å²) < 4.78 is 1.93. The predicted octanol–water partition coefficient (Wildman–Crippen LogP) is 2.62. The smallest absolute Gasteiger partial charge is 0.450 e. The van der Waals surface area contributed by atoms with Crippen LogP contribution in [0.3, 0.4) is 0 Å². The van der Waals surface area contributed by atoms with Gasteiger partial charge in [0.15, 0.2) is 5.65 Å². The Morgan fingerprint density at radius 2 is 2.10 bits per heavy atom. The molecule has 2 saturated carbocycles. The zero-order valence-electron chi connectivity index (χ0n) is 16.3. The van der Waals surface area contributed by atoms with Gasteiger partial charge in [-0.05, 0) is 26.2 Å². The van der Waals surface area contributed by atoms with Crippen LogP contribution in [0.2, 0.25) is 0 Å². The highest BCUT2D eigenvalue weighted by atomic mass is 16.7. The van der Waals surface area contributed by atoms with E-state index in [1.165, 1.54) is 19.3 Å². The average Bonchev–Trinajstić information content (AvgIpc) is 3.21. The minimum atomic E-state index is -1.83. The third-order valence-corrected chi connectivity index (χ3v) is 5.84. The average molecular weight is 402 g/mol. The van der Waals surface area contributed by atoms with E-state index in [9.17, 15) is 0 Å². The van der Waals surface area contributed by atoms with E-state index in [2.05, 4.69) is 27.5 Å². The molecule has 10 heteroatoms. The molecule has 1 spiro atoms.